The number of carboxylic acids is 1. The minimum atomic E-state index is -0.677. The molecule has 0 bridgehead atoms. The maximum absolute atomic E-state index is 11.6. The van der Waals surface area contributed by atoms with Crippen LogP contribution < -0.4 is 0 Å². The number of aryl methyl sites for hydroxylation is 1. The van der Waals surface area contributed by atoms with Crippen molar-refractivity contribution in [2.24, 2.45) is 0 Å². The molecule has 2 heteroatoms. The van der Waals surface area contributed by atoms with Crippen molar-refractivity contribution in [1.82, 2.24) is 0 Å². The van der Waals surface area contributed by atoms with Crippen LogP contribution in [0.25, 0.3) is 0 Å². The van der Waals surface area contributed by atoms with Gasteiger partial charge in [0, 0.05) is 0 Å². The minimum Gasteiger partial charge on any atom is -0.481 e. The first kappa shape index (κ1) is 18.7. The third-order valence-corrected chi connectivity index (χ3v) is 4.46. The van der Waals surface area contributed by atoms with Gasteiger partial charge in [-0.15, -0.1) is 0 Å². The lowest BCUT2D eigenvalue weighted by Gasteiger charge is -2.16. The number of benzene rings is 1. The largest absolute Gasteiger partial charge is 0.481 e. The molecule has 1 atom stereocenters. The van der Waals surface area contributed by atoms with Gasteiger partial charge >= 0.3 is 5.97 Å². The van der Waals surface area contributed by atoms with Gasteiger partial charge in [0.2, 0.25) is 0 Å². The van der Waals surface area contributed by atoms with Crippen molar-refractivity contribution in [1.29, 1.82) is 0 Å². The first-order valence-electron chi connectivity index (χ1n) is 9.01. The molecule has 0 spiro atoms. The van der Waals surface area contributed by atoms with E-state index in [0.717, 1.165) is 31.2 Å². The van der Waals surface area contributed by atoms with Gasteiger partial charge in [-0.3, -0.25) is 4.79 Å². The van der Waals surface area contributed by atoms with Gasteiger partial charge in [0.25, 0.3) is 0 Å². The summed E-state index contributed by atoms with van der Waals surface area (Å²) in [6, 6.07) is 8.00. The fraction of sp³-hybridized carbons (Fsp3) is 0.650. The van der Waals surface area contributed by atoms with E-state index in [9.17, 15) is 9.90 Å². The van der Waals surface area contributed by atoms with E-state index < -0.39 is 5.97 Å². The third kappa shape index (κ3) is 6.64. The zero-order valence-electron chi connectivity index (χ0n) is 14.3. The summed E-state index contributed by atoms with van der Waals surface area (Å²) in [7, 11) is 0. The molecule has 1 aromatic carbocycles. The van der Waals surface area contributed by atoms with E-state index in [-0.39, 0.29) is 5.92 Å². The molecule has 0 amide bonds. The van der Waals surface area contributed by atoms with Gasteiger partial charge in [-0.25, -0.2) is 0 Å². The predicted octanol–water partition coefficient (Wildman–Crippen LogP) is 5.95. The van der Waals surface area contributed by atoms with Crippen LogP contribution in [0.15, 0.2) is 24.3 Å². The molecule has 0 heterocycles. The Hall–Kier alpha value is -1.31. The molecule has 0 radical (unpaired) electrons. The topological polar surface area (TPSA) is 37.3 Å². The van der Waals surface area contributed by atoms with Crippen LogP contribution in [0.5, 0.6) is 0 Å². The Morgan fingerprint density at radius 1 is 0.955 bits per heavy atom. The molecule has 0 aliphatic rings. The van der Waals surface area contributed by atoms with E-state index >= 15 is 0 Å². The molecule has 1 rings (SSSR count). The monoisotopic (exact) mass is 304 g/mol. The Morgan fingerprint density at radius 2 is 1.55 bits per heavy atom. The van der Waals surface area contributed by atoms with Gasteiger partial charge in [0.05, 0.1) is 5.92 Å². The van der Waals surface area contributed by atoms with E-state index in [1.54, 1.807) is 0 Å². The average molecular weight is 304 g/mol. The zero-order valence-corrected chi connectivity index (χ0v) is 14.3. The first-order valence-corrected chi connectivity index (χ1v) is 9.01. The molecule has 22 heavy (non-hydrogen) atoms. The fourth-order valence-electron chi connectivity index (χ4n) is 3.09. The van der Waals surface area contributed by atoms with Crippen LogP contribution in [-0.4, -0.2) is 11.1 Å². The van der Waals surface area contributed by atoms with E-state index in [1.165, 1.54) is 44.1 Å². The van der Waals surface area contributed by atoms with E-state index in [2.05, 4.69) is 19.9 Å². The highest BCUT2D eigenvalue weighted by molar-refractivity contribution is 5.76. The molecule has 2 nitrogen and oxygen atoms in total. The highest BCUT2D eigenvalue weighted by atomic mass is 16.4. The van der Waals surface area contributed by atoms with Gasteiger partial charge in [0.1, 0.15) is 0 Å². The van der Waals surface area contributed by atoms with E-state index in [0.29, 0.717) is 0 Å². The lowest BCUT2D eigenvalue weighted by molar-refractivity contribution is -0.139. The maximum atomic E-state index is 11.6. The molecule has 1 aromatic rings. The Morgan fingerprint density at radius 3 is 2.14 bits per heavy atom. The molecule has 0 aliphatic carbocycles. The molecule has 124 valence electrons. The van der Waals surface area contributed by atoms with Crippen LogP contribution in [0.1, 0.15) is 88.7 Å². The van der Waals surface area contributed by atoms with Crippen molar-refractivity contribution < 1.29 is 9.90 Å². The molecule has 0 fully saturated rings. The van der Waals surface area contributed by atoms with Crippen molar-refractivity contribution in [2.75, 3.05) is 0 Å². The van der Waals surface area contributed by atoms with Crippen LogP contribution in [0.3, 0.4) is 0 Å². The van der Waals surface area contributed by atoms with Gasteiger partial charge in [-0.1, -0.05) is 89.5 Å². The van der Waals surface area contributed by atoms with E-state index in [1.807, 2.05) is 18.2 Å². The summed E-state index contributed by atoms with van der Waals surface area (Å²) >= 11 is 0. The number of hydrogen-bond acceptors (Lipinski definition) is 1. The zero-order chi connectivity index (χ0) is 16.2. The van der Waals surface area contributed by atoms with Gasteiger partial charge < -0.3 is 5.11 Å². The van der Waals surface area contributed by atoms with Gasteiger partial charge in [-0.05, 0) is 24.0 Å². The van der Waals surface area contributed by atoms with Crippen LogP contribution in [0, 0.1) is 0 Å². The number of aliphatic carboxylic acids is 1. The summed E-state index contributed by atoms with van der Waals surface area (Å²) in [5.41, 5.74) is 2.19. The Bertz CT molecular complexity index is 425. The molecule has 1 unspecified atom stereocenters. The third-order valence-electron chi connectivity index (χ3n) is 4.46. The lowest BCUT2D eigenvalue weighted by atomic mass is 9.89. The van der Waals surface area contributed by atoms with E-state index in [4.69, 9.17) is 0 Å². The second-order valence-corrected chi connectivity index (χ2v) is 6.21. The number of rotatable bonds is 12. The average Bonchev–Trinajstić information content (AvgIpc) is 2.53. The summed E-state index contributed by atoms with van der Waals surface area (Å²) in [5.74, 6) is -1.01. The Balaban J connectivity index is 2.38. The second-order valence-electron chi connectivity index (χ2n) is 6.21. The molecule has 0 saturated heterocycles. The van der Waals surface area contributed by atoms with Crippen LogP contribution in [0.4, 0.5) is 0 Å². The molecule has 0 aromatic heterocycles. The van der Waals surface area contributed by atoms with Crippen molar-refractivity contribution >= 4 is 5.97 Å². The Labute approximate surface area is 135 Å². The minimum absolute atomic E-state index is 0.337. The number of carbonyl (C=O) groups is 1. The van der Waals surface area contributed by atoms with Crippen molar-refractivity contribution in [3.8, 4) is 0 Å². The van der Waals surface area contributed by atoms with Crippen molar-refractivity contribution in [3.05, 3.63) is 35.4 Å². The van der Waals surface area contributed by atoms with Crippen molar-refractivity contribution in [2.45, 2.75) is 84.0 Å². The number of hydrogen-bond donors (Lipinski definition) is 1. The summed E-state index contributed by atoms with van der Waals surface area (Å²) in [6.45, 7) is 4.33. The lowest BCUT2D eigenvalue weighted by Crippen LogP contribution is -2.13. The predicted molar refractivity (Wildman–Crippen MR) is 93.4 cm³/mol. The maximum Gasteiger partial charge on any atom is 0.310 e. The molecular weight excluding hydrogens is 272 g/mol. The number of unbranched alkanes of at least 4 members (excludes halogenated alkanes) is 7. The van der Waals surface area contributed by atoms with Crippen LogP contribution in [-0.2, 0) is 11.2 Å². The van der Waals surface area contributed by atoms with Crippen LogP contribution in [0.2, 0.25) is 0 Å². The summed E-state index contributed by atoms with van der Waals surface area (Å²) in [5, 5.41) is 9.55. The quantitative estimate of drug-likeness (QED) is 0.485. The molecule has 1 N–H and O–H groups in total. The van der Waals surface area contributed by atoms with Crippen LogP contribution >= 0.6 is 0 Å². The SMILES string of the molecule is CCCCCCCCCCC(C(=O)O)c1ccccc1CC. The van der Waals surface area contributed by atoms with Crippen molar-refractivity contribution in [3.63, 3.8) is 0 Å². The highest BCUT2D eigenvalue weighted by Gasteiger charge is 2.21. The fourth-order valence-corrected chi connectivity index (χ4v) is 3.09. The molecular formula is C20H32O2. The Kier molecular flexibility index (Phi) is 9.61. The highest BCUT2D eigenvalue weighted by Crippen LogP contribution is 2.26. The first-order chi connectivity index (χ1) is 10.7. The van der Waals surface area contributed by atoms with Gasteiger partial charge in [-0.2, -0.15) is 0 Å². The number of carboxylic acid groups (broad SMARTS) is 1. The summed E-state index contributed by atoms with van der Waals surface area (Å²) < 4.78 is 0. The second kappa shape index (κ2) is 11.3. The smallest absolute Gasteiger partial charge is 0.310 e. The summed E-state index contributed by atoms with van der Waals surface area (Å²) in [4.78, 5) is 11.6. The normalized spacial score (nSPS) is 12.3. The van der Waals surface area contributed by atoms with Gasteiger partial charge in [0.15, 0.2) is 0 Å². The standard InChI is InChI=1S/C20H32O2/c1-3-5-6-7-8-9-10-11-16-19(20(21)22)18-15-13-12-14-17(18)4-2/h12-15,19H,3-11,16H2,1-2H3,(H,21,22). The molecule has 0 aliphatic heterocycles. The molecule has 0 saturated carbocycles. The summed E-state index contributed by atoms with van der Waals surface area (Å²) in [6.07, 6.45) is 11.7.